The van der Waals surface area contributed by atoms with Gasteiger partial charge in [-0.2, -0.15) is 5.26 Å². The van der Waals surface area contributed by atoms with Crippen LogP contribution in [0.3, 0.4) is 0 Å². The summed E-state index contributed by atoms with van der Waals surface area (Å²) in [7, 11) is 0. The number of furan rings is 1. The first kappa shape index (κ1) is 8.09. The predicted octanol–water partition coefficient (Wildman–Crippen LogP) is 2.55. The average Bonchev–Trinajstić information content (AvgIpc) is 2.51. The van der Waals surface area contributed by atoms with Gasteiger partial charge < -0.3 is 4.42 Å². The standard InChI is InChI=1S/C9H5ClN2O/c10-9-8-7(2-4-12-9)6(1-3-11)5-13-8/h2,4-5H,1H2. The zero-order chi connectivity index (χ0) is 9.26. The molecule has 2 aromatic rings. The van der Waals surface area contributed by atoms with Crippen LogP contribution in [0.15, 0.2) is 22.9 Å². The molecule has 3 nitrogen and oxygen atoms in total. The number of rotatable bonds is 1. The number of pyridine rings is 1. The Morgan fingerprint density at radius 1 is 1.62 bits per heavy atom. The fourth-order valence-corrected chi connectivity index (χ4v) is 1.41. The van der Waals surface area contributed by atoms with Gasteiger partial charge in [0.05, 0.1) is 18.8 Å². The van der Waals surface area contributed by atoms with Gasteiger partial charge in [-0.25, -0.2) is 4.98 Å². The average molecular weight is 193 g/mol. The third-order valence-corrected chi connectivity index (χ3v) is 2.06. The summed E-state index contributed by atoms with van der Waals surface area (Å²) >= 11 is 5.78. The van der Waals surface area contributed by atoms with E-state index < -0.39 is 0 Å². The maximum Gasteiger partial charge on any atom is 0.172 e. The summed E-state index contributed by atoms with van der Waals surface area (Å²) in [6.07, 6.45) is 3.47. The highest BCUT2D eigenvalue weighted by molar-refractivity contribution is 6.33. The number of hydrogen-bond acceptors (Lipinski definition) is 3. The van der Waals surface area contributed by atoms with Crippen LogP contribution < -0.4 is 0 Å². The van der Waals surface area contributed by atoms with Crippen molar-refractivity contribution in [2.45, 2.75) is 6.42 Å². The first-order valence-electron chi connectivity index (χ1n) is 3.70. The zero-order valence-corrected chi connectivity index (χ0v) is 7.38. The van der Waals surface area contributed by atoms with E-state index in [1.54, 1.807) is 18.5 Å². The third kappa shape index (κ3) is 1.25. The molecule has 0 N–H and O–H groups in total. The summed E-state index contributed by atoms with van der Waals surface area (Å²) in [5, 5.41) is 9.72. The van der Waals surface area contributed by atoms with Gasteiger partial charge in [0.15, 0.2) is 10.7 Å². The first-order chi connectivity index (χ1) is 6.33. The molecular formula is C9H5ClN2O. The van der Waals surface area contributed by atoms with Crippen LogP contribution in [0.4, 0.5) is 0 Å². The quantitative estimate of drug-likeness (QED) is 0.653. The largest absolute Gasteiger partial charge is 0.461 e. The molecule has 0 aliphatic heterocycles. The molecule has 2 rings (SSSR count). The van der Waals surface area contributed by atoms with Crippen molar-refractivity contribution in [1.29, 1.82) is 5.26 Å². The van der Waals surface area contributed by atoms with E-state index in [1.807, 2.05) is 0 Å². The fraction of sp³-hybridized carbons (Fsp3) is 0.111. The lowest BCUT2D eigenvalue weighted by Gasteiger charge is -1.90. The molecule has 0 aliphatic rings. The molecule has 0 radical (unpaired) electrons. The lowest BCUT2D eigenvalue weighted by atomic mass is 10.2. The minimum Gasteiger partial charge on any atom is -0.461 e. The summed E-state index contributed by atoms with van der Waals surface area (Å²) in [6, 6.07) is 3.85. The van der Waals surface area contributed by atoms with E-state index in [4.69, 9.17) is 21.3 Å². The molecule has 0 saturated heterocycles. The lowest BCUT2D eigenvalue weighted by molar-refractivity contribution is 0.610. The van der Waals surface area contributed by atoms with Crippen LogP contribution in [-0.2, 0) is 6.42 Å². The number of fused-ring (bicyclic) bond motifs is 1. The van der Waals surface area contributed by atoms with E-state index in [1.165, 1.54) is 0 Å². The van der Waals surface area contributed by atoms with E-state index >= 15 is 0 Å². The van der Waals surface area contributed by atoms with Crippen LogP contribution in [0.1, 0.15) is 5.56 Å². The maximum absolute atomic E-state index is 8.53. The predicted molar refractivity (Wildman–Crippen MR) is 48.3 cm³/mol. The Morgan fingerprint density at radius 3 is 3.23 bits per heavy atom. The Labute approximate surface area is 79.6 Å². The Balaban J connectivity index is 2.70. The molecule has 4 heteroatoms. The molecule has 0 unspecified atom stereocenters. The summed E-state index contributed by atoms with van der Waals surface area (Å²) in [4.78, 5) is 3.87. The van der Waals surface area contributed by atoms with Crippen molar-refractivity contribution >= 4 is 22.6 Å². The summed E-state index contributed by atoms with van der Waals surface area (Å²) in [5.74, 6) is 0. The van der Waals surface area contributed by atoms with Gasteiger partial charge in [0, 0.05) is 17.1 Å². The summed E-state index contributed by atoms with van der Waals surface area (Å²) in [6.45, 7) is 0. The van der Waals surface area contributed by atoms with Gasteiger partial charge in [-0.15, -0.1) is 0 Å². The Hall–Kier alpha value is -1.53. The molecule has 0 spiro atoms. The van der Waals surface area contributed by atoms with E-state index in [0.717, 1.165) is 10.9 Å². The number of hydrogen-bond donors (Lipinski definition) is 0. The highest BCUT2D eigenvalue weighted by atomic mass is 35.5. The van der Waals surface area contributed by atoms with E-state index in [0.29, 0.717) is 17.2 Å². The molecule has 13 heavy (non-hydrogen) atoms. The van der Waals surface area contributed by atoms with Crippen LogP contribution in [0.5, 0.6) is 0 Å². The topological polar surface area (TPSA) is 49.8 Å². The number of nitriles is 1. The second-order valence-corrected chi connectivity index (χ2v) is 2.93. The summed E-state index contributed by atoms with van der Waals surface area (Å²) < 4.78 is 5.19. The second-order valence-electron chi connectivity index (χ2n) is 2.57. The zero-order valence-electron chi connectivity index (χ0n) is 6.62. The van der Waals surface area contributed by atoms with Gasteiger partial charge in [0.25, 0.3) is 0 Å². The highest BCUT2D eigenvalue weighted by Crippen LogP contribution is 2.25. The van der Waals surface area contributed by atoms with Crippen molar-refractivity contribution in [2.75, 3.05) is 0 Å². The molecule has 0 aromatic carbocycles. The van der Waals surface area contributed by atoms with Crippen molar-refractivity contribution in [3.63, 3.8) is 0 Å². The van der Waals surface area contributed by atoms with E-state index in [-0.39, 0.29) is 0 Å². The molecular weight excluding hydrogens is 188 g/mol. The monoisotopic (exact) mass is 192 g/mol. The van der Waals surface area contributed by atoms with Crippen LogP contribution in [0, 0.1) is 11.3 Å². The highest BCUT2D eigenvalue weighted by Gasteiger charge is 2.08. The fourth-order valence-electron chi connectivity index (χ4n) is 1.20. The molecule has 2 heterocycles. The lowest BCUT2D eigenvalue weighted by Crippen LogP contribution is -1.78. The molecule has 0 bridgehead atoms. The van der Waals surface area contributed by atoms with Crippen molar-refractivity contribution < 1.29 is 4.42 Å². The van der Waals surface area contributed by atoms with Crippen LogP contribution in [-0.4, -0.2) is 4.98 Å². The summed E-state index contributed by atoms with van der Waals surface area (Å²) in [5.41, 5.74) is 1.40. The number of halogens is 1. The van der Waals surface area contributed by atoms with E-state index in [9.17, 15) is 0 Å². The van der Waals surface area contributed by atoms with Gasteiger partial charge in [0.2, 0.25) is 0 Å². The van der Waals surface area contributed by atoms with E-state index in [2.05, 4.69) is 11.1 Å². The van der Waals surface area contributed by atoms with Crippen molar-refractivity contribution in [3.05, 3.63) is 29.2 Å². The normalized spacial score (nSPS) is 10.2. The molecule has 0 amide bonds. The molecule has 0 saturated carbocycles. The Morgan fingerprint density at radius 2 is 2.46 bits per heavy atom. The molecule has 64 valence electrons. The molecule has 0 atom stereocenters. The number of nitrogens with zero attached hydrogens (tertiary/aromatic N) is 2. The minimum atomic E-state index is 0.327. The second kappa shape index (κ2) is 3.08. The smallest absolute Gasteiger partial charge is 0.172 e. The van der Waals surface area contributed by atoms with Crippen LogP contribution in [0.25, 0.3) is 11.0 Å². The van der Waals surface area contributed by atoms with Gasteiger partial charge in [-0.05, 0) is 6.07 Å². The molecule has 0 fully saturated rings. The molecule has 2 aromatic heterocycles. The third-order valence-electron chi connectivity index (χ3n) is 1.80. The maximum atomic E-state index is 8.53. The van der Waals surface area contributed by atoms with Crippen molar-refractivity contribution in [3.8, 4) is 6.07 Å². The Kier molecular flexibility index (Phi) is 1.91. The number of aromatic nitrogens is 1. The van der Waals surface area contributed by atoms with Gasteiger partial charge in [-0.3, -0.25) is 0 Å². The SMILES string of the molecule is N#CCc1coc2c(Cl)nccc12. The van der Waals surface area contributed by atoms with Gasteiger partial charge >= 0.3 is 0 Å². The molecule has 0 aliphatic carbocycles. The first-order valence-corrected chi connectivity index (χ1v) is 4.08. The minimum absolute atomic E-state index is 0.327. The van der Waals surface area contributed by atoms with Crippen molar-refractivity contribution in [2.24, 2.45) is 0 Å². The Bertz CT molecular complexity index is 484. The van der Waals surface area contributed by atoms with Crippen molar-refractivity contribution in [1.82, 2.24) is 4.98 Å². The van der Waals surface area contributed by atoms with Crippen LogP contribution in [0.2, 0.25) is 5.15 Å². The van der Waals surface area contributed by atoms with Gasteiger partial charge in [0.1, 0.15) is 0 Å². The van der Waals surface area contributed by atoms with Crippen LogP contribution >= 0.6 is 11.6 Å². The van der Waals surface area contributed by atoms with Gasteiger partial charge in [-0.1, -0.05) is 11.6 Å².